The van der Waals surface area contributed by atoms with Crippen LogP contribution in [0.4, 0.5) is 0 Å². The minimum absolute atomic E-state index is 0.483. The molecule has 0 spiro atoms. The maximum Gasteiger partial charge on any atom is 0.178 e. The van der Waals surface area contributed by atoms with Gasteiger partial charge < -0.3 is 9.47 Å². The van der Waals surface area contributed by atoms with Gasteiger partial charge in [0.15, 0.2) is 12.0 Å². The zero-order valence-electron chi connectivity index (χ0n) is 15.9. The van der Waals surface area contributed by atoms with E-state index in [1.54, 1.807) is 6.08 Å². The van der Waals surface area contributed by atoms with Crippen LogP contribution in [0.1, 0.15) is 50.5 Å². The first-order valence-corrected chi connectivity index (χ1v) is 9.88. The minimum Gasteiger partial charge on any atom is -0.377 e. The van der Waals surface area contributed by atoms with Crippen molar-refractivity contribution in [3.05, 3.63) is 48.6 Å². The zero-order chi connectivity index (χ0) is 18.5. The summed E-state index contributed by atoms with van der Waals surface area (Å²) < 4.78 is 11.6. The van der Waals surface area contributed by atoms with Crippen molar-refractivity contribution in [3.8, 4) is 0 Å². The fourth-order valence-corrected chi connectivity index (χ4v) is 3.47. The third kappa shape index (κ3) is 6.67. The van der Waals surface area contributed by atoms with E-state index in [2.05, 4.69) is 11.5 Å². The van der Waals surface area contributed by atoms with E-state index in [0.717, 1.165) is 76.5 Å². The molecule has 1 unspecified atom stereocenters. The summed E-state index contributed by atoms with van der Waals surface area (Å²) in [7, 11) is 0. The van der Waals surface area contributed by atoms with Gasteiger partial charge in [0.2, 0.25) is 0 Å². The molecule has 4 nitrogen and oxygen atoms in total. The number of ether oxygens (including phenoxy) is 2. The van der Waals surface area contributed by atoms with Crippen LogP contribution in [0.2, 0.25) is 0 Å². The average Bonchev–Trinajstić information content (AvgIpc) is 2.70. The molecule has 0 bridgehead atoms. The van der Waals surface area contributed by atoms with Gasteiger partial charge in [-0.25, -0.2) is 0 Å². The Labute approximate surface area is 158 Å². The molecule has 26 heavy (non-hydrogen) atoms. The summed E-state index contributed by atoms with van der Waals surface area (Å²) in [6.07, 6.45) is 10.3. The van der Waals surface area contributed by atoms with Crippen LogP contribution in [0.15, 0.2) is 43.0 Å². The van der Waals surface area contributed by atoms with Crippen molar-refractivity contribution in [1.29, 1.82) is 0 Å². The summed E-state index contributed by atoms with van der Waals surface area (Å²) in [5.41, 5.74) is 0.361. The summed E-state index contributed by atoms with van der Waals surface area (Å²) in [5, 5.41) is 0. The van der Waals surface area contributed by atoms with Gasteiger partial charge in [0.1, 0.15) is 0 Å². The SMILES string of the molecule is C=CCOCCCCCCN1CCCCC1(C=O)OCc1ccccc1. The van der Waals surface area contributed by atoms with E-state index in [1.165, 1.54) is 0 Å². The van der Waals surface area contributed by atoms with E-state index in [4.69, 9.17) is 9.47 Å². The molecule has 0 aliphatic carbocycles. The van der Waals surface area contributed by atoms with Gasteiger partial charge in [0.25, 0.3) is 0 Å². The van der Waals surface area contributed by atoms with E-state index in [9.17, 15) is 4.79 Å². The number of unbranched alkanes of at least 4 members (excludes halogenated alkanes) is 3. The van der Waals surface area contributed by atoms with E-state index >= 15 is 0 Å². The molecular formula is C22H33NO3. The summed E-state index contributed by atoms with van der Waals surface area (Å²) in [6, 6.07) is 10.1. The first-order chi connectivity index (χ1) is 12.8. The molecule has 1 aliphatic heterocycles. The lowest BCUT2D eigenvalue weighted by molar-refractivity contribution is -0.181. The van der Waals surface area contributed by atoms with Crippen LogP contribution in [-0.2, 0) is 20.9 Å². The molecule has 1 atom stereocenters. The number of piperidine rings is 1. The summed E-state index contributed by atoms with van der Waals surface area (Å²) in [4.78, 5) is 14.2. The highest BCUT2D eigenvalue weighted by Crippen LogP contribution is 2.29. The standard InChI is InChI=1S/C22H33NO3/c1-2-17-25-18-11-4-3-9-15-23-16-10-8-14-22(23,20-24)26-19-21-12-6-5-7-13-21/h2,5-7,12-13,20H,1,3-4,8-11,14-19H2. The number of hydrogen-bond donors (Lipinski definition) is 0. The fraction of sp³-hybridized carbons (Fsp3) is 0.591. The van der Waals surface area contributed by atoms with Crippen LogP contribution in [0.25, 0.3) is 0 Å². The molecule has 1 fully saturated rings. The zero-order valence-corrected chi connectivity index (χ0v) is 15.9. The monoisotopic (exact) mass is 359 g/mol. The van der Waals surface area contributed by atoms with E-state index in [1.807, 2.05) is 30.3 Å². The number of aldehydes is 1. The summed E-state index contributed by atoms with van der Waals surface area (Å²) in [6.45, 7) is 7.42. The van der Waals surface area contributed by atoms with Gasteiger partial charge in [-0.05, 0) is 37.7 Å². The number of carbonyl (C=O) groups is 1. The highest BCUT2D eigenvalue weighted by molar-refractivity contribution is 5.62. The number of carbonyl (C=O) groups excluding carboxylic acids is 1. The topological polar surface area (TPSA) is 38.8 Å². The molecule has 0 amide bonds. The Bertz CT molecular complexity index is 519. The Kier molecular flexibility index (Phi) is 9.61. The second-order valence-corrected chi connectivity index (χ2v) is 6.96. The van der Waals surface area contributed by atoms with Crippen LogP contribution < -0.4 is 0 Å². The molecule has 1 aliphatic rings. The first kappa shape index (κ1) is 20.8. The Morgan fingerprint density at radius 1 is 1.12 bits per heavy atom. The Balaban J connectivity index is 1.76. The first-order valence-electron chi connectivity index (χ1n) is 9.88. The molecule has 1 heterocycles. The summed E-state index contributed by atoms with van der Waals surface area (Å²) >= 11 is 0. The number of likely N-dealkylation sites (tertiary alicyclic amines) is 1. The molecule has 0 N–H and O–H groups in total. The lowest BCUT2D eigenvalue weighted by Crippen LogP contribution is -2.55. The van der Waals surface area contributed by atoms with Crippen molar-refractivity contribution < 1.29 is 14.3 Å². The molecule has 1 saturated heterocycles. The molecule has 4 heteroatoms. The third-order valence-corrected chi connectivity index (χ3v) is 4.97. The van der Waals surface area contributed by atoms with E-state index < -0.39 is 5.72 Å². The van der Waals surface area contributed by atoms with Gasteiger partial charge in [-0.3, -0.25) is 9.69 Å². The van der Waals surface area contributed by atoms with Crippen LogP contribution in [0.5, 0.6) is 0 Å². The summed E-state index contributed by atoms with van der Waals surface area (Å²) in [5.74, 6) is 0. The lowest BCUT2D eigenvalue weighted by atomic mass is 9.98. The molecule has 0 aromatic heterocycles. The van der Waals surface area contributed by atoms with Crippen LogP contribution in [0.3, 0.4) is 0 Å². The van der Waals surface area contributed by atoms with Crippen molar-refractivity contribution >= 4 is 6.29 Å². The predicted octanol–water partition coefficient (Wildman–Crippen LogP) is 4.35. The van der Waals surface area contributed by atoms with Crippen molar-refractivity contribution in [2.45, 2.75) is 57.3 Å². The molecule has 1 aromatic carbocycles. The minimum atomic E-state index is -0.749. The second-order valence-electron chi connectivity index (χ2n) is 6.96. The van der Waals surface area contributed by atoms with Crippen molar-refractivity contribution in [1.82, 2.24) is 4.90 Å². The number of hydrogen-bond acceptors (Lipinski definition) is 4. The maximum absolute atomic E-state index is 12.0. The smallest absolute Gasteiger partial charge is 0.178 e. The molecule has 2 rings (SSSR count). The molecular weight excluding hydrogens is 326 g/mol. The van der Waals surface area contributed by atoms with Gasteiger partial charge in [-0.1, -0.05) is 49.2 Å². The molecule has 0 radical (unpaired) electrons. The van der Waals surface area contributed by atoms with E-state index in [0.29, 0.717) is 13.2 Å². The number of benzene rings is 1. The Morgan fingerprint density at radius 3 is 2.69 bits per heavy atom. The van der Waals surface area contributed by atoms with Crippen molar-refractivity contribution in [2.24, 2.45) is 0 Å². The highest BCUT2D eigenvalue weighted by Gasteiger charge is 2.39. The lowest BCUT2D eigenvalue weighted by Gasteiger charge is -2.43. The van der Waals surface area contributed by atoms with E-state index in [-0.39, 0.29) is 0 Å². The normalized spacial score (nSPS) is 20.8. The predicted molar refractivity (Wildman–Crippen MR) is 105 cm³/mol. The largest absolute Gasteiger partial charge is 0.377 e. The molecule has 144 valence electrons. The van der Waals surface area contributed by atoms with Gasteiger partial charge >= 0.3 is 0 Å². The Hall–Kier alpha value is -1.49. The van der Waals surface area contributed by atoms with Gasteiger partial charge in [-0.15, -0.1) is 6.58 Å². The Morgan fingerprint density at radius 2 is 1.92 bits per heavy atom. The second kappa shape index (κ2) is 12.0. The quantitative estimate of drug-likeness (QED) is 0.298. The molecule has 0 saturated carbocycles. The maximum atomic E-state index is 12.0. The van der Waals surface area contributed by atoms with Crippen molar-refractivity contribution in [2.75, 3.05) is 26.3 Å². The van der Waals surface area contributed by atoms with Crippen LogP contribution in [0, 0.1) is 0 Å². The number of rotatable bonds is 13. The van der Waals surface area contributed by atoms with Crippen LogP contribution >= 0.6 is 0 Å². The van der Waals surface area contributed by atoms with Gasteiger partial charge in [-0.2, -0.15) is 0 Å². The fourth-order valence-electron chi connectivity index (χ4n) is 3.47. The van der Waals surface area contributed by atoms with Crippen molar-refractivity contribution in [3.63, 3.8) is 0 Å². The van der Waals surface area contributed by atoms with Crippen LogP contribution in [-0.4, -0.2) is 43.2 Å². The number of nitrogens with zero attached hydrogens (tertiary/aromatic N) is 1. The average molecular weight is 360 g/mol. The van der Waals surface area contributed by atoms with Gasteiger partial charge in [0, 0.05) is 19.7 Å². The highest BCUT2D eigenvalue weighted by atomic mass is 16.5. The molecule has 1 aromatic rings. The third-order valence-electron chi connectivity index (χ3n) is 4.97. The van der Waals surface area contributed by atoms with Gasteiger partial charge in [0.05, 0.1) is 13.2 Å².